The second-order valence-electron chi connectivity index (χ2n) is 9.06. The summed E-state index contributed by atoms with van der Waals surface area (Å²) in [6, 6.07) is 12.3. The van der Waals surface area contributed by atoms with Gasteiger partial charge >= 0.3 is 0 Å². The quantitative estimate of drug-likeness (QED) is 0.600. The van der Waals surface area contributed by atoms with Gasteiger partial charge in [-0.2, -0.15) is 0 Å². The van der Waals surface area contributed by atoms with Crippen LogP contribution in [0.4, 0.5) is 11.4 Å². The first-order chi connectivity index (χ1) is 16.0. The van der Waals surface area contributed by atoms with Crippen molar-refractivity contribution in [3.05, 3.63) is 59.2 Å². The van der Waals surface area contributed by atoms with Gasteiger partial charge in [-0.1, -0.05) is 49.9 Å². The molecule has 7 nitrogen and oxygen atoms in total. The maximum Gasteiger partial charge on any atom is 0.251 e. The molecule has 7 heteroatoms. The zero-order valence-electron chi connectivity index (χ0n) is 19.1. The molecule has 174 valence electrons. The first-order valence-electron chi connectivity index (χ1n) is 11.8. The van der Waals surface area contributed by atoms with Crippen molar-refractivity contribution in [3.8, 4) is 0 Å². The van der Waals surface area contributed by atoms with E-state index in [0.29, 0.717) is 42.4 Å². The lowest BCUT2D eigenvalue weighted by Gasteiger charge is -2.35. The van der Waals surface area contributed by atoms with E-state index in [1.165, 1.54) is 25.7 Å². The molecule has 2 aromatic carbocycles. The average Bonchev–Trinajstić information content (AvgIpc) is 3.35. The maximum absolute atomic E-state index is 13.1. The molecular weight excluding hydrogens is 416 g/mol. The third-order valence-corrected chi connectivity index (χ3v) is 6.73. The highest BCUT2D eigenvalue weighted by molar-refractivity contribution is 6.12. The number of nitrogens with one attached hydrogen (secondary N) is 2. The minimum atomic E-state index is -0.580. The molecule has 1 aliphatic heterocycles. The fraction of sp³-hybridized carbons (Fsp3) is 0.423. The van der Waals surface area contributed by atoms with E-state index in [4.69, 9.17) is 5.73 Å². The fourth-order valence-corrected chi connectivity index (χ4v) is 4.80. The van der Waals surface area contributed by atoms with Gasteiger partial charge in [0.1, 0.15) is 6.04 Å². The Kier molecular flexibility index (Phi) is 7.08. The van der Waals surface area contributed by atoms with Gasteiger partial charge in [-0.15, -0.1) is 0 Å². The minimum Gasteiger partial charge on any atom is -0.348 e. The second-order valence-corrected chi connectivity index (χ2v) is 9.06. The molecule has 1 fully saturated rings. The molecule has 4 N–H and O–H groups in total. The van der Waals surface area contributed by atoms with Gasteiger partial charge in [0.25, 0.3) is 5.91 Å². The monoisotopic (exact) mass is 448 g/mol. The predicted octanol–water partition coefficient (Wildman–Crippen LogP) is 3.72. The molecule has 2 aromatic rings. The van der Waals surface area contributed by atoms with Crippen molar-refractivity contribution in [2.45, 2.75) is 64.6 Å². The van der Waals surface area contributed by atoms with Gasteiger partial charge < -0.3 is 16.4 Å². The molecule has 0 radical (unpaired) electrons. The van der Waals surface area contributed by atoms with Crippen LogP contribution in [0.3, 0.4) is 0 Å². The number of benzene rings is 2. The largest absolute Gasteiger partial charge is 0.348 e. The maximum atomic E-state index is 13.1. The molecule has 1 unspecified atom stereocenters. The molecule has 33 heavy (non-hydrogen) atoms. The van der Waals surface area contributed by atoms with E-state index in [9.17, 15) is 14.4 Å². The summed E-state index contributed by atoms with van der Waals surface area (Å²) < 4.78 is 0. The Bertz CT molecular complexity index is 1050. The van der Waals surface area contributed by atoms with E-state index < -0.39 is 6.04 Å². The first-order valence-corrected chi connectivity index (χ1v) is 11.8. The van der Waals surface area contributed by atoms with E-state index in [1.54, 1.807) is 30.0 Å². The van der Waals surface area contributed by atoms with Gasteiger partial charge in [0.2, 0.25) is 11.8 Å². The molecule has 1 saturated carbocycles. The third-order valence-electron chi connectivity index (χ3n) is 6.73. The summed E-state index contributed by atoms with van der Waals surface area (Å²) in [6.07, 6.45) is 6.17. The van der Waals surface area contributed by atoms with Gasteiger partial charge in [0.05, 0.1) is 11.4 Å². The number of anilines is 2. The Hall–Kier alpha value is -3.19. The lowest BCUT2D eigenvalue weighted by Crippen LogP contribution is -2.49. The molecule has 3 amide bonds. The van der Waals surface area contributed by atoms with E-state index in [-0.39, 0.29) is 17.7 Å². The summed E-state index contributed by atoms with van der Waals surface area (Å²) in [4.78, 5) is 40.0. The number of carbonyl (C=O) groups excluding carboxylic acids is 3. The Morgan fingerprint density at radius 3 is 2.64 bits per heavy atom. The number of rotatable bonds is 7. The summed E-state index contributed by atoms with van der Waals surface area (Å²) in [7, 11) is 0. The number of nitrogens with zero attached hydrogens (tertiary/aromatic N) is 1. The molecule has 1 heterocycles. The number of nitrogens with two attached hydrogens (primary N) is 1. The van der Waals surface area contributed by atoms with E-state index in [2.05, 4.69) is 10.6 Å². The lowest BCUT2D eigenvalue weighted by molar-refractivity contribution is -0.123. The number of carbonyl (C=O) groups is 3. The van der Waals surface area contributed by atoms with Crippen LogP contribution in [0.1, 0.15) is 66.9 Å². The predicted molar refractivity (Wildman–Crippen MR) is 129 cm³/mol. The summed E-state index contributed by atoms with van der Waals surface area (Å²) >= 11 is 0. The SMILES string of the molecule is CC1C(=O)Nc2cc(C(=O)NCc3cccc(CN)c3)ccc2N1C(=O)CCC1CCCC1. The molecule has 0 aromatic heterocycles. The normalized spacial score (nSPS) is 18.1. The van der Waals surface area contributed by atoms with Crippen molar-refractivity contribution in [3.63, 3.8) is 0 Å². The Morgan fingerprint density at radius 2 is 1.88 bits per heavy atom. The van der Waals surface area contributed by atoms with Crippen LogP contribution in [-0.2, 0) is 22.7 Å². The van der Waals surface area contributed by atoms with Gasteiger partial charge in [-0.3, -0.25) is 19.3 Å². The number of amides is 3. The lowest BCUT2D eigenvalue weighted by atomic mass is 10.00. The zero-order chi connectivity index (χ0) is 23.4. The Balaban J connectivity index is 1.46. The fourth-order valence-electron chi connectivity index (χ4n) is 4.80. The Morgan fingerprint density at radius 1 is 1.12 bits per heavy atom. The van der Waals surface area contributed by atoms with Gasteiger partial charge in [0, 0.05) is 25.1 Å². The standard InChI is InChI=1S/C26H32N4O3/c1-17-25(32)29-22-14-21(26(33)28-16-20-8-4-7-19(13-20)15-27)10-11-23(22)30(17)24(31)12-9-18-5-2-3-6-18/h4,7-8,10-11,13-14,17-18H,2-3,5-6,9,12,15-16,27H2,1H3,(H,28,33)(H,29,32). The van der Waals surface area contributed by atoms with Gasteiger partial charge in [-0.25, -0.2) is 0 Å². The topological polar surface area (TPSA) is 105 Å². The van der Waals surface area contributed by atoms with Crippen LogP contribution in [0, 0.1) is 5.92 Å². The summed E-state index contributed by atoms with van der Waals surface area (Å²) in [6.45, 7) is 2.56. The highest BCUT2D eigenvalue weighted by Gasteiger charge is 2.34. The molecule has 4 rings (SSSR count). The van der Waals surface area contributed by atoms with Gasteiger partial charge in [-0.05, 0) is 48.6 Å². The Labute approximate surface area is 194 Å². The van der Waals surface area contributed by atoms with Crippen LogP contribution in [0.15, 0.2) is 42.5 Å². The molecule has 1 aliphatic carbocycles. The number of hydrogen-bond donors (Lipinski definition) is 3. The van der Waals surface area contributed by atoms with Crippen LogP contribution >= 0.6 is 0 Å². The van der Waals surface area contributed by atoms with Crippen LogP contribution in [-0.4, -0.2) is 23.8 Å². The van der Waals surface area contributed by atoms with Crippen LogP contribution in [0.5, 0.6) is 0 Å². The van der Waals surface area contributed by atoms with Crippen molar-refractivity contribution in [2.24, 2.45) is 11.7 Å². The van der Waals surface area contributed by atoms with E-state index in [1.807, 2.05) is 24.3 Å². The van der Waals surface area contributed by atoms with Crippen molar-refractivity contribution in [1.82, 2.24) is 5.32 Å². The smallest absolute Gasteiger partial charge is 0.251 e. The number of hydrogen-bond acceptors (Lipinski definition) is 4. The first kappa shape index (κ1) is 23.0. The molecule has 0 bridgehead atoms. The highest BCUT2D eigenvalue weighted by Crippen LogP contribution is 2.35. The van der Waals surface area contributed by atoms with Crippen molar-refractivity contribution >= 4 is 29.1 Å². The van der Waals surface area contributed by atoms with Crippen LogP contribution in [0.2, 0.25) is 0 Å². The molecule has 0 saturated heterocycles. The summed E-state index contributed by atoms with van der Waals surface area (Å²) in [5, 5.41) is 5.76. The summed E-state index contributed by atoms with van der Waals surface area (Å²) in [5.41, 5.74) is 9.22. The second kappa shape index (κ2) is 10.2. The molecular formula is C26H32N4O3. The minimum absolute atomic E-state index is 0.0394. The number of fused-ring (bicyclic) bond motifs is 1. The molecule has 1 atom stereocenters. The van der Waals surface area contributed by atoms with Crippen LogP contribution < -0.4 is 21.3 Å². The van der Waals surface area contributed by atoms with Crippen molar-refractivity contribution < 1.29 is 14.4 Å². The third kappa shape index (κ3) is 5.25. The van der Waals surface area contributed by atoms with E-state index >= 15 is 0 Å². The van der Waals surface area contributed by atoms with Crippen molar-refractivity contribution in [1.29, 1.82) is 0 Å². The van der Waals surface area contributed by atoms with E-state index in [0.717, 1.165) is 17.5 Å². The van der Waals surface area contributed by atoms with Gasteiger partial charge in [0.15, 0.2) is 0 Å². The zero-order valence-corrected chi connectivity index (χ0v) is 19.1. The van der Waals surface area contributed by atoms with Crippen LogP contribution in [0.25, 0.3) is 0 Å². The average molecular weight is 449 g/mol. The molecule has 0 spiro atoms. The van der Waals surface area contributed by atoms with Crippen molar-refractivity contribution in [2.75, 3.05) is 10.2 Å². The molecule has 2 aliphatic rings. The highest BCUT2D eigenvalue weighted by atomic mass is 16.2. The summed E-state index contributed by atoms with van der Waals surface area (Å²) in [5.74, 6) is 0.0808.